The van der Waals surface area contributed by atoms with Crippen LogP contribution in [0.2, 0.25) is 5.02 Å². The Bertz CT molecular complexity index is 1710. The van der Waals surface area contributed by atoms with Crippen LogP contribution in [0.25, 0.3) is 21.6 Å². The van der Waals surface area contributed by atoms with Crippen molar-refractivity contribution in [3.8, 4) is 17.1 Å². The molecule has 184 valence electrons. The molecule has 5 rings (SSSR count). The van der Waals surface area contributed by atoms with Crippen LogP contribution >= 0.6 is 22.9 Å². The Kier molecular flexibility index (Phi) is 6.63. The summed E-state index contributed by atoms with van der Waals surface area (Å²) in [5.41, 5.74) is 2.24. The summed E-state index contributed by atoms with van der Waals surface area (Å²) in [6.45, 7) is 0.165. The van der Waals surface area contributed by atoms with Gasteiger partial charge in [-0.15, -0.1) is 0 Å². The van der Waals surface area contributed by atoms with Crippen molar-refractivity contribution >= 4 is 43.2 Å². The van der Waals surface area contributed by atoms with Crippen LogP contribution in [-0.4, -0.2) is 30.2 Å². The van der Waals surface area contributed by atoms with Crippen molar-refractivity contribution in [2.24, 2.45) is 0 Å². The van der Waals surface area contributed by atoms with Crippen LogP contribution in [0, 0.1) is 0 Å². The van der Waals surface area contributed by atoms with E-state index in [0.717, 1.165) is 16.9 Å². The third-order valence-corrected chi connectivity index (χ3v) is 8.01. The standard InChI is InChI=1S/C24H19ClN4O5S2/c1-33-18-4-2-3-16(11-18)23-27-22(34-28-23)13-26-36(31,32)19-9-10-20-21(12-19)35-24(30)29(20)14-15-5-7-17(25)8-6-15/h2-12,26H,13-14H2,1H3. The number of ether oxygens (including phenoxy) is 1. The van der Waals surface area contributed by atoms with Crippen LogP contribution < -0.4 is 14.3 Å². The zero-order valence-corrected chi connectivity index (χ0v) is 21.2. The number of hydrogen-bond acceptors (Lipinski definition) is 8. The van der Waals surface area contributed by atoms with Crippen molar-refractivity contribution < 1.29 is 17.7 Å². The fourth-order valence-electron chi connectivity index (χ4n) is 3.58. The molecule has 1 N–H and O–H groups in total. The lowest BCUT2D eigenvalue weighted by atomic mass is 10.2. The molecule has 3 aromatic carbocycles. The molecule has 0 unspecified atom stereocenters. The monoisotopic (exact) mass is 542 g/mol. The number of nitrogens with one attached hydrogen (secondary N) is 1. The Morgan fingerprint density at radius 2 is 1.92 bits per heavy atom. The van der Waals surface area contributed by atoms with E-state index in [9.17, 15) is 13.2 Å². The number of rotatable bonds is 8. The second-order valence-electron chi connectivity index (χ2n) is 7.78. The molecule has 2 heterocycles. The van der Waals surface area contributed by atoms with Gasteiger partial charge in [-0.2, -0.15) is 4.98 Å². The summed E-state index contributed by atoms with van der Waals surface area (Å²) < 4.78 is 40.9. The van der Waals surface area contributed by atoms with E-state index in [0.29, 0.717) is 38.9 Å². The minimum Gasteiger partial charge on any atom is -0.497 e. The third kappa shape index (κ3) is 5.05. The molecule has 0 fully saturated rings. The normalized spacial score (nSPS) is 11.7. The van der Waals surface area contributed by atoms with Crippen LogP contribution in [0.4, 0.5) is 0 Å². The van der Waals surface area contributed by atoms with Gasteiger partial charge >= 0.3 is 4.87 Å². The van der Waals surface area contributed by atoms with Crippen molar-refractivity contribution in [3.05, 3.63) is 92.9 Å². The van der Waals surface area contributed by atoms with Crippen LogP contribution in [0.15, 0.2) is 80.9 Å². The fourth-order valence-corrected chi connectivity index (χ4v) is 5.71. The molecule has 12 heteroatoms. The highest BCUT2D eigenvalue weighted by Crippen LogP contribution is 2.24. The molecule has 0 radical (unpaired) electrons. The molecular formula is C24H19ClN4O5S2. The molecule has 0 saturated heterocycles. The highest BCUT2D eigenvalue weighted by Gasteiger charge is 2.19. The van der Waals surface area contributed by atoms with E-state index in [1.54, 1.807) is 54.1 Å². The highest BCUT2D eigenvalue weighted by atomic mass is 35.5. The maximum absolute atomic E-state index is 12.9. The number of sulfonamides is 1. The van der Waals surface area contributed by atoms with E-state index in [4.69, 9.17) is 20.9 Å². The zero-order chi connectivity index (χ0) is 25.3. The number of halogens is 1. The number of methoxy groups -OCH3 is 1. The highest BCUT2D eigenvalue weighted by molar-refractivity contribution is 7.89. The van der Waals surface area contributed by atoms with Crippen LogP contribution in [-0.2, 0) is 23.1 Å². The maximum atomic E-state index is 12.9. The van der Waals surface area contributed by atoms with Crippen LogP contribution in [0.1, 0.15) is 11.5 Å². The number of benzene rings is 3. The minimum atomic E-state index is -3.90. The van der Waals surface area contributed by atoms with Gasteiger partial charge in [0.25, 0.3) is 0 Å². The fraction of sp³-hybridized carbons (Fsp3) is 0.125. The second-order valence-corrected chi connectivity index (χ2v) is 11.0. The molecule has 2 aromatic heterocycles. The lowest BCUT2D eigenvalue weighted by Gasteiger charge is -2.07. The molecule has 36 heavy (non-hydrogen) atoms. The molecule has 0 aliphatic heterocycles. The molecule has 0 saturated carbocycles. The molecule has 0 aliphatic rings. The topological polar surface area (TPSA) is 116 Å². The summed E-state index contributed by atoms with van der Waals surface area (Å²) in [6.07, 6.45) is 0. The molecule has 0 spiro atoms. The first-order valence-electron chi connectivity index (χ1n) is 10.7. The average Bonchev–Trinajstić information content (AvgIpc) is 3.48. The quantitative estimate of drug-likeness (QED) is 0.310. The summed E-state index contributed by atoms with van der Waals surface area (Å²) in [4.78, 5) is 16.7. The van der Waals surface area contributed by atoms with Gasteiger partial charge in [-0.3, -0.25) is 9.36 Å². The predicted octanol–water partition coefficient (Wildman–Crippen LogP) is 4.30. The molecule has 0 bridgehead atoms. The summed E-state index contributed by atoms with van der Waals surface area (Å²) in [7, 11) is -2.34. The Balaban J connectivity index is 1.33. The van der Waals surface area contributed by atoms with Gasteiger partial charge in [0.1, 0.15) is 5.75 Å². The minimum absolute atomic E-state index is 0.0300. The largest absolute Gasteiger partial charge is 0.497 e. The molecule has 9 nitrogen and oxygen atoms in total. The van der Waals surface area contributed by atoms with E-state index < -0.39 is 10.0 Å². The Labute approximate surface area is 215 Å². The SMILES string of the molecule is COc1cccc(-c2noc(CNS(=O)(=O)c3ccc4c(c3)sc(=O)n4Cc3ccc(Cl)cc3)n2)c1. The van der Waals surface area contributed by atoms with Gasteiger partial charge in [0.15, 0.2) is 0 Å². The van der Waals surface area contributed by atoms with Gasteiger partial charge in [0, 0.05) is 10.6 Å². The lowest BCUT2D eigenvalue weighted by Crippen LogP contribution is -2.23. The van der Waals surface area contributed by atoms with Gasteiger partial charge in [-0.05, 0) is 48.0 Å². The predicted molar refractivity (Wildman–Crippen MR) is 137 cm³/mol. The number of aromatic nitrogens is 3. The number of nitrogens with zero attached hydrogens (tertiary/aromatic N) is 3. The molecular weight excluding hydrogens is 524 g/mol. The number of fused-ring (bicyclic) bond motifs is 1. The van der Waals surface area contributed by atoms with Crippen LogP contribution in [0.3, 0.4) is 0 Å². The third-order valence-electron chi connectivity index (χ3n) is 5.41. The summed E-state index contributed by atoms with van der Waals surface area (Å²) in [6, 6.07) is 18.9. The van der Waals surface area contributed by atoms with E-state index >= 15 is 0 Å². The smallest absolute Gasteiger partial charge is 0.308 e. The molecule has 5 aromatic rings. The summed E-state index contributed by atoms with van der Waals surface area (Å²) in [5.74, 6) is 1.06. The summed E-state index contributed by atoms with van der Waals surface area (Å²) >= 11 is 6.93. The number of thiazole rings is 1. The second kappa shape index (κ2) is 9.86. The van der Waals surface area contributed by atoms with Crippen molar-refractivity contribution in [2.75, 3.05) is 7.11 Å². The van der Waals surface area contributed by atoms with Crippen LogP contribution in [0.5, 0.6) is 5.75 Å². The van der Waals surface area contributed by atoms with E-state index in [1.807, 2.05) is 12.1 Å². The van der Waals surface area contributed by atoms with Gasteiger partial charge in [0.2, 0.25) is 21.7 Å². The number of hydrogen-bond donors (Lipinski definition) is 1. The van der Waals surface area contributed by atoms with E-state index in [-0.39, 0.29) is 22.2 Å². The van der Waals surface area contributed by atoms with Gasteiger partial charge in [-0.25, -0.2) is 13.1 Å². The molecule has 0 amide bonds. The van der Waals surface area contributed by atoms with E-state index in [2.05, 4.69) is 14.9 Å². The van der Waals surface area contributed by atoms with Gasteiger partial charge in [-0.1, -0.05) is 52.4 Å². The first kappa shape index (κ1) is 24.2. The summed E-state index contributed by atoms with van der Waals surface area (Å²) in [5, 5.41) is 4.52. The zero-order valence-electron chi connectivity index (χ0n) is 18.8. The van der Waals surface area contributed by atoms with Crippen molar-refractivity contribution in [3.63, 3.8) is 0 Å². The first-order chi connectivity index (χ1) is 17.3. The van der Waals surface area contributed by atoms with Crippen molar-refractivity contribution in [2.45, 2.75) is 18.0 Å². The van der Waals surface area contributed by atoms with Crippen molar-refractivity contribution in [1.82, 2.24) is 19.4 Å². The molecule has 0 aliphatic carbocycles. The Morgan fingerprint density at radius 3 is 2.69 bits per heavy atom. The first-order valence-corrected chi connectivity index (χ1v) is 13.3. The lowest BCUT2D eigenvalue weighted by molar-refractivity contribution is 0.376. The Morgan fingerprint density at radius 1 is 1.11 bits per heavy atom. The average molecular weight is 543 g/mol. The van der Waals surface area contributed by atoms with Gasteiger partial charge in [0.05, 0.1) is 35.3 Å². The Hall–Kier alpha value is -3.51. The molecule has 0 atom stereocenters. The maximum Gasteiger partial charge on any atom is 0.308 e. The van der Waals surface area contributed by atoms with Crippen molar-refractivity contribution in [1.29, 1.82) is 0 Å². The van der Waals surface area contributed by atoms with E-state index in [1.165, 1.54) is 12.1 Å². The van der Waals surface area contributed by atoms with Gasteiger partial charge < -0.3 is 9.26 Å².